The molecule has 0 amide bonds. The predicted octanol–water partition coefficient (Wildman–Crippen LogP) is 3.95. The van der Waals surface area contributed by atoms with E-state index < -0.39 is 5.97 Å². The van der Waals surface area contributed by atoms with E-state index in [0.717, 1.165) is 10.4 Å². The first-order valence-electron chi connectivity index (χ1n) is 7.69. The summed E-state index contributed by atoms with van der Waals surface area (Å²) in [6.07, 6.45) is 2.99. The van der Waals surface area contributed by atoms with Crippen LogP contribution >= 0.6 is 11.3 Å². The number of rotatable bonds is 7. The molecule has 0 aliphatic carbocycles. The molecule has 0 atom stereocenters. The summed E-state index contributed by atoms with van der Waals surface area (Å²) in [7, 11) is 0. The molecule has 0 spiro atoms. The number of carbonyl (C=O) groups is 1. The number of hydrogen-bond acceptors (Lipinski definition) is 7. The molecule has 2 heterocycles. The summed E-state index contributed by atoms with van der Waals surface area (Å²) in [5.41, 5.74) is 0.805. The Morgan fingerprint density at radius 2 is 2.16 bits per heavy atom. The van der Waals surface area contributed by atoms with E-state index in [9.17, 15) is 4.79 Å². The van der Waals surface area contributed by atoms with Gasteiger partial charge in [0.15, 0.2) is 6.61 Å². The van der Waals surface area contributed by atoms with Crippen molar-refractivity contribution >= 4 is 23.4 Å². The molecule has 0 fully saturated rings. The Bertz CT molecular complexity index is 856. The van der Waals surface area contributed by atoms with Gasteiger partial charge in [-0.15, -0.1) is 11.3 Å². The Balaban J connectivity index is 1.56. The van der Waals surface area contributed by atoms with Crippen LogP contribution < -0.4 is 4.74 Å². The zero-order valence-electron chi connectivity index (χ0n) is 13.5. The van der Waals surface area contributed by atoms with Gasteiger partial charge in [-0.3, -0.25) is 0 Å². The van der Waals surface area contributed by atoms with E-state index in [1.165, 1.54) is 17.4 Å². The standard InChI is InChI=1S/C18H16N2O4S/c1-2-22-14-7-4-3-6-13(14)9-10-17(21)23-12-16-19-18(20-24-16)15-8-5-11-25-15/h3-11H,2,12H2,1H3/b10-9+. The van der Waals surface area contributed by atoms with Crippen molar-refractivity contribution in [1.82, 2.24) is 10.1 Å². The predicted molar refractivity (Wildman–Crippen MR) is 94.1 cm³/mol. The van der Waals surface area contributed by atoms with Crippen LogP contribution in [0, 0.1) is 0 Å². The number of carbonyl (C=O) groups excluding carboxylic acids is 1. The molecule has 0 aliphatic rings. The average Bonchev–Trinajstić information content (AvgIpc) is 3.31. The average molecular weight is 356 g/mol. The molecule has 7 heteroatoms. The molecule has 3 aromatic rings. The number of para-hydroxylation sites is 1. The van der Waals surface area contributed by atoms with Gasteiger partial charge in [0.05, 0.1) is 11.5 Å². The smallest absolute Gasteiger partial charge is 0.331 e. The minimum Gasteiger partial charge on any atom is -0.493 e. The first-order chi connectivity index (χ1) is 12.3. The van der Waals surface area contributed by atoms with Crippen molar-refractivity contribution in [2.24, 2.45) is 0 Å². The monoisotopic (exact) mass is 356 g/mol. The Morgan fingerprint density at radius 3 is 2.96 bits per heavy atom. The van der Waals surface area contributed by atoms with E-state index in [-0.39, 0.29) is 12.5 Å². The first-order valence-corrected chi connectivity index (χ1v) is 8.57. The molecule has 25 heavy (non-hydrogen) atoms. The van der Waals surface area contributed by atoms with Crippen molar-refractivity contribution in [3.05, 3.63) is 59.3 Å². The van der Waals surface area contributed by atoms with Gasteiger partial charge in [-0.2, -0.15) is 4.98 Å². The second kappa shape index (κ2) is 8.25. The lowest BCUT2D eigenvalue weighted by Gasteiger charge is -2.06. The molecular weight excluding hydrogens is 340 g/mol. The highest BCUT2D eigenvalue weighted by Gasteiger charge is 2.10. The fraction of sp³-hybridized carbons (Fsp3) is 0.167. The highest BCUT2D eigenvalue weighted by Crippen LogP contribution is 2.21. The number of benzene rings is 1. The Kier molecular flexibility index (Phi) is 5.58. The van der Waals surface area contributed by atoms with Crippen LogP contribution in [0.2, 0.25) is 0 Å². The molecule has 0 saturated heterocycles. The largest absolute Gasteiger partial charge is 0.493 e. The fourth-order valence-electron chi connectivity index (χ4n) is 2.06. The maximum Gasteiger partial charge on any atom is 0.331 e. The molecular formula is C18H16N2O4S. The molecule has 0 radical (unpaired) electrons. The molecule has 0 N–H and O–H groups in total. The molecule has 2 aromatic heterocycles. The van der Waals surface area contributed by atoms with Crippen LogP contribution in [0.15, 0.2) is 52.4 Å². The number of hydrogen-bond donors (Lipinski definition) is 0. The summed E-state index contributed by atoms with van der Waals surface area (Å²) < 4.78 is 15.7. The van der Waals surface area contributed by atoms with Gasteiger partial charge < -0.3 is 14.0 Å². The number of ether oxygens (including phenoxy) is 2. The topological polar surface area (TPSA) is 74.5 Å². The van der Waals surface area contributed by atoms with Gasteiger partial charge in [-0.25, -0.2) is 4.79 Å². The molecule has 1 aromatic carbocycles. The van der Waals surface area contributed by atoms with Crippen LogP contribution in [0.3, 0.4) is 0 Å². The zero-order valence-corrected chi connectivity index (χ0v) is 14.4. The van der Waals surface area contributed by atoms with Gasteiger partial charge in [0.1, 0.15) is 5.75 Å². The molecule has 128 valence electrons. The molecule has 0 saturated carbocycles. The third kappa shape index (κ3) is 4.54. The minimum absolute atomic E-state index is 0.0747. The van der Waals surface area contributed by atoms with E-state index in [1.807, 2.05) is 48.7 Å². The highest BCUT2D eigenvalue weighted by molar-refractivity contribution is 7.13. The molecule has 0 aliphatic heterocycles. The second-order valence-corrected chi connectivity index (χ2v) is 5.85. The summed E-state index contributed by atoms with van der Waals surface area (Å²) >= 11 is 1.51. The van der Waals surface area contributed by atoms with Crippen LogP contribution in [0.4, 0.5) is 0 Å². The maximum atomic E-state index is 11.9. The van der Waals surface area contributed by atoms with Crippen molar-refractivity contribution in [3.63, 3.8) is 0 Å². The fourth-order valence-corrected chi connectivity index (χ4v) is 2.71. The van der Waals surface area contributed by atoms with Crippen molar-refractivity contribution in [2.45, 2.75) is 13.5 Å². The Labute approximate surface area is 148 Å². The number of esters is 1. The van der Waals surface area contributed by atoms with Gasteiger partial charge >= 0.3 is 5.97 Å². The summed E-state index contributed by atoms with van der Waals surface area (Å²) in [6.45, 7) is 2.39. The van der Waals surface area contributed by atoms with Gasteiger partial charge in [-0.05, 0) is 30.5 Å². The summed E-state index contributed by atoms with van der Waals surface area (Å²) in [4.78, 5) is 16.9. The normalized spacial score (nSPS) is 10.9. The minimum atomic E-state index is -0.498. The number of nitrogens with zero attached hydrogens (tertiary/aromatic N) is 2. The lowest BCUT2D eigenvalue weighted by atomic mass is 10.2. The second-order valence-electron chi connectivity index (χ2n) is 4.90. The van der Waals surface area contributed by atoms with Crippen LogP contribution in [0.5, 0.6) is 5.75 Å². The number of aromatic nitrogens is 2. The lowest BCUT2D eigenvalue weighted by molar-refractivity contribution is -0.139. The van der Waals surface area contributed by atoms with Crippen molar-refractivity contribution in [2.75, 3.05) is 6.61 Å². The van der Waals surface area contributed by atoms with E-state index in [1.54, 1.807) is 6.08 Å². The van der Waals surface area contributed by atoms with Crippen molar-refractivity contribution in [3.8, 4) is 16.5 Å². The van der Waals surface area contributed by atoms with Gasteiger partial charge in [-0.1, -0.05) is 29.4 Å². The van der Waals surface area contributed by atoms with Gasteiger partial charge in [0.25, 0.3) is 5.89 Å². The summed E-state index contributed by atoms with van der Waals surface area (Å²) in [5.74, 6) is 0.954. The first kappa shape index (κ1) is 16.9. The zero-order chi connectivity index (χ0) is 17.5. The van der Waals surface area contributed by atoms with Crippen LogP contribution in [-0.4, -0.2) is 22.7 Å². The molecule has 0 unspecified atom stereocenters. The third-order valence-electron chi connectivity index (χ3n) is 3.17. The quantitative estimate of drug-likeness (QED) is 0.471. The molecule has 0 bridgehead atoms. The molecule has 6 nitrogen and oxygen atoms in total. The van der Waals surface area contributed by atoms with E-state index in [4.69, 9.17) is 14.0 Å². The van der Waals surface area contributed by atoms with Crippen LogP contribution in [0.25, 0.3) is 16.8 Å². The number of thiophene rings is 1. The summed E-state index contributed by atoms with van der Waals surface area (Å²) in [5, 5.41) is 5.79. The van der Waals surface area contributed by atoms with Gasteiger partial charge in [0, 0.05) is 11.6 Å². The van der Waals surface area contributed by atoms with Crippen LogP contribution in [0.1, 0.15) is 18.4 Å². The van der Waals surface area contributed by atoms with E-state index in [0.29, 0.717) is 18.2 Å². The lowest BCUT2D eigenvalue weighted by Crippen LogP contribution is -2.01. The highest BCUT2D eigenvalue weighted by atomic mass is 32.1. The van der Waals surface area contributed by atoms with Crippen molar-refractivity contribution < 1.29 is 18.8 Å². The van der Waals surface area contributed by atoms with Crippen LogP contribution in [-0.2, 0) is 16.1 Å². The Hall–Kier alpha value is -2.93. The summed E-state index contributed by atoms with van der Waals surface area (Å²) in [6, 6.07) is 11.3. The SMILES string of the molecule is CCOc1ccccc1/C=C/C(=O)OCc1nc(-c2cccs2)no1. The van der Waals surface area contributed by atoms with Gasteiger partial charge in [0.2, 0.25) is 5.82 Å². The molecule has 3 rings (SSSR count). The van der Waals surface area contributed by atoms with Crippen molar-refractivity contribution in [1.29, 1.82) is 0 Å². The Morgan fingerprint density at radius 1 is 1.28 bits per heavy atom. The van der Waals surface area contributed by atoms with E-state index in [2.05, 4.69) is 10.1 Å². The third-order valence-corrected chi connectivity index (χ3v) is 4.03. The maximum absolute atomic E-state index is 11.9. The van der Waals surface area contributed by atoms with E-state index >= 15 is 0 Å².